The van der Waals surface area contributed by atoms with Gasteiger partial charge in [0.2, 0.25) is 10.0 Å². The zero-order chi connectivity index (χ0) is 33.4. The normalized spacial score (nSPS) is 20.3. The number of hydrogen-bond donors (Lipinski definition) is 3. The number of piperidine rings is 2. The third-order valence-corrected chi connectivity index (χ3v) is 10.9. The molecule has 1 aliphatic carbocycles. The molecule has 15 heteroatoms. The zero-order valence-electron chi connectivity index (χ0n) is 26.5. The van der Waals surface area contributed by atoms with Gasteiger partial charge >= 0.3 is 5.97 Å². The van der Waals surface area contributed by atoms with Gasteiger partial charge in [-0.15, -0.1) is 0 Å². The maximum atomic E-state index is 13.9. The Hall–Kier alpha value is -3.72. The highest BCUT2D eigenvalue weighted by Crippen LogP contribution is 2.54. The summed E-state index contributed by atoms with van der Waals surface area (Å²) < 4.78 is 66.9. The van der Waals surface area contributed by atoms with Gasteiger partial charge in [0.25, 0.3) is 11.8 Å². The number of benzene rings is 1. The number of ether oxygens (including phenoxy) is 2. The number of halogens is 2. The Morgan fingerprint density at radius 1 is 1.06 bits per heavy atom. The minimum Gasteiger partial charge on any atom is -0.489 e. The Kier molecular flexibility index (Phi) is 9.22. The fraction of sp³-hybridized carbons (Fsp3) is 0.594. The van der Waals surface area contributed by atoms with Crippen molar-refractivity contribution in [1.29, 1.82) is 0 Å². The lowest BCUT2D eigenvalue weighted by Crippen LogP contribution is -2.40. The summed E-state index contributed by atoms with van der Waals surface area (Å²) in [5.41, 5.74) is 8.08. The van der Waals surface area contributed by atoms with Gasteiger partial charge in [0, 0.05) is 51.0 Å². The van der Waals surface area contributed by atoms with Crippen LogP contribution in [-0.2, 0) is 26.0 Å². The Balaban J connectivity index is 1.21. The van der Waals surface area contributed by atoms with Crippen molar-refractivity contribution in [2.24, 2.45) is 11.1 Å². The van der Waals surface area contributed by atoms with Crippen molar-refractivity contribution in [3.63, 3.8) is 0 Å². The molecule has 1 aromatic heterocycles. The summed E-state index contributed by atoms with van der Waals surface area (Å²) >= 11 is 0. The second kappa shape index (κ2) is 13.1. The Bertz CT molecular complexity index is 1620. The summed E-state index contributed by atoms with van der Waals surface area (Å²) in [7, 11) is -3.89. The highest BCUT2D eigenvalue weighted by molar-refractivity contribution is 7.92. The second-order valence-corrected chi connectivity index (χ2v) is 14.9. The van der Waals surface area contributed by atoms with E-state index in [2.05, 4.69) is 19.9 Å². The number of aromatic nitrogens is 1. The topological polar surface area (TPSA) is 156 Å². The third kappa shape index (κ3) is 7.72. The maximum absolute atomic E-state index is 13.9. The van der Waals surface area contributed by atoms with Gasteiger partial charge in [-0.3, -0.25) is 14.3 Å². The fourth-order valence-corrected chi connectivity index (χ4v) is 7.28. The average Bonchev–Trinajstić information content (AvgIpc) is 3.61. The number of carbonyl (C=O) groups excluding carboxylic acids is 2. The number of sulfonamides is 1. The molecule has 0 bridgehead atoms. The van der Waals surface area contributed by atoms with Gasteiger partial charge in [-0.2, -0.15) is 0 Å². The van der Waals surface area contributed by atoms with Crippen LogP contribution in [0.4, 0.5) is 31.8 Å². The second-order valence-electron chi connectivity index (χ2n) is 13.0. The molecule has 4 N–H and O–H groups in total. The van der Waals surface area contributed by atoms with E-state index < -0.39 is 39.6 Å². The van der Waals surface area contributed by atoms with E-state index in [0.29, 0.717) is 47.7 Å². The SMILES string of the molecule is CCC(N)C(=O)OCCS(=O)(=O)Nc1ccc(C(=O)Nc2cc3c(c(N4CCC(F)(F)CC4)n2)OCC3)c(N2CCC3(CC2)CC3)c1. The molecular formula is C32H42F2N6O6S. The largest absolute Gasteiger partial charge is 0.489 e. The molecule has 1 atom stereocenters. The number of hydrogen-bond acceptors (Lipinski definition) is 10. The molecule has 1 amide bonds. The number of rotatable bonds is 11. The lowest BCUT2D eigenvalue weighted by atomic mass is 9.93. The summed E-state index contributed by atoms with van der Waals surface area (Å²) in [5.74, 6) is -2.96. The van der Waals surface area contributed by atoms with E-state index in [9.17, 15) is 26.8 Å². The van der Waals surface area contributed by atoms with E-state index >= 15 is 0 Å². The van der Waals surface area contributed by atoms with Gasteiger partial charge in [-0.25, -0.2) is 22.2 Å². The molecule has 1 aromatic carbocycles. The van der Waals surface area contributed by atoms with E-state index in [4.69, 9.17) is 15.2 Å². The van der Waals surface area contributed by atoms with Crippen molar-refractivity contribution in [2.75, 3.05) is 65.0 Å². The first-order valence-corrected chi connectivity index (χ1v) is 17.9. The number of nitrogens with one attached hydrogen (secondary N) is 2. The maximum Gasteiger partial charge on any atom is 0.322 e. The number of anilines is 4. The van der Waals surface area contributed by atoms with Crippen LogP contribution < -0.4 is 30.3 Å². The molecule has 1 spiro atoms. The summed E-state index contributed by atoms with van der Waals surface area (Å²) in [6, 6.07) is 5.69. The van der Waals surface area contributed by atoms with E-state index in [1.807, 2.05) is 0 Å². The van der Waals surface area contributed by atoms with E-state index in [-0.39, 0.29) is 44.0 Å². The first-order valence-electron chi connectivity index (χ1n) is 16.3. The van der Waals surface area contributed by atoms with Crippen molar-refractivity contribution >= 4 is 44.9 Å². The summed E-state index contributed by atoms with van der Waals surface area (Å²) in [6.45, 7) is 3.53. The number of nitrogens with zero attached hydrogens (tertiary/aromatic N) is 3. The van der Waals surface area contributed by atoms with E-state index in [1.165, 1.54) is 18.9 Å². The number of amides is 1. The smallest absolute Gasteiger partial charge is 0.322 e. The van der Waals surface area contributed by atoms with Gasteiger partial charge in [0.05, 0.1) is 23.5 Å². The fourth-order valence-electron chi connectivity index (χ4n) is 6.39. The summed E-state index contributed by atoms with van der Waals surface area (Å²) in [5, 5.41) is 2.91. The van der Waals surface area contributed by atoms with Crippen LogP contribution >= 0.6 is 0 Å². The lowest BCUT2D eigenvalue weighted by molar-refractivity contribution is -0.144. The molecular weight excluding hydrogens is 634 g/mol. The highest BCUT2D eigenvalue weighted by Gasteiger charge is 2.45. The Morgan fingerprint density at radius 3 is 2.45 bits per heavy atom. The Morgan fingerprint density at radius 2 is 1.77 bits per heavy atom. The van der Waals surface area contributed by atoms with Crippen molar-refractivity contribution in [1.82, 2.24) is 4.98 Å². The highest BCUT2D eigenvalue weighted by atomic mass is 32.2. The molecule has 3 aliphatic heterocycles. The zero-order valence-corrected chi connectivity index (χ0v) is 27.3. The third-order valence-electron chi connectivity index (χ3n) is 9.66. The van der Waals surface area contributed by atoms with Crippen LogP contribution in [0.3, 0.4) is 0 Å². The summed E-state index contributed by atoms with van der Waals surface area (Å²) in [4.78, 5) is 34.2. The van der Waals surface area contributed by atoms with E-state index in [1.54, 1.807) is 30.0 Å². The van der Waals surface area contributed by atoms with Crippen molar-refractivity contribution in [2.45, 2.75) is 70.3 Å². The Labute approximate surface area is 273 Å². The molecule has 2 aromatic rings. The molecule has 0 radical (unpaired) electrons. The van der Waals surface area contributed by atoms with Crippen molar-refractivity contribution < 1.29 is 36.3 Å². The number of nitrogens with two attached hydrogens (primary N) is 1. The van der Waals surface area contributed by atoms with Crippen LogP contribution in [0, 0.1) is 5.41 Å². The van der Waals surface area contributed by atoms with Crippen molar-refractivity contribution in [3.05, 3.63) is 35.4 Å². The van der Waals surface area contributed by atoms with E-state index in [0.717, 1.165) is 31.5 Å². The molecule has 2 saturated heterocycles. The minimum absolute atomic E-state index is 0.125. The number of carbonyl (C=O) groups is 2. The quantitative estimate of drug-likeness (QED) is 0.299. The molecule has 4 aliphatic rings. The number of pyridine rings is 1. The van der Waals surface area contributed by atoms with Gasteiger partial charge in [0.1, 0.15) is 24.2 Å². The predicted molar refractivity (Wildman–Crippen MR) is 174 cm³/mol. The molecule has 6 rings (SSSR count). The molecule has 1 saturated carbocycles. The number of esters is 1. The first kappa shape index (κ1) is 33.2. The average molecular weight is 677 g/mol. The van der Waals surface area contributed by atoms with Gasteiger partial charge in [-0.1, -0.05) is 6.92 Å². The van der Waals surface area contributed by atoms with Crippen LogP contribution in [0.5, 0.6) is 5.75 Å². The van der Waals surface area contributed by atoms with Crippen molar-refractivity contribution in [3.8, 4) is 5.75 Å². The van der Waals surface area contributed by atoms with Crippen LogP contribution in [0.15, 0.2) is 24.3 Å². The molecule has 3 fully saturated rings. The lowest BCUT2D eigenvalue weighted by Gasteiger charge is -2.35. The summed E-state index contributed by atoms with van der Waals surface area (Å²) in [6.07, 6.45) is 4.79. The van der Waals surface area contributed by atoms with Crippen LogP contribution in [0.25, 0.3) is 0 Å². The molecule has 4 heterocycles. The van der Waals surface area contributed by atoms with Crippen LogP contribution in [0.1, 0.15) is 67.8 Å². The predicted octanol–water partition coefficient (Wildman–Crippen LogP) is 3.91. The molecule has 47 heavy (non-hydrogen) atoms. The van der Waals surface area contributed by atoms with Crippen LogP contribution in [-0.4, -0.2) is 82.4 Å². The van der Waals surface area contributed by atoms with Gasteiger partial charge < -0.3 is 30.3 Å². The van der Waals surface area contributed by atoms with Crippen LogP contribution in [0.2, 0.25) is 0 Å². The molecule has 256 valence electrons. The standard InChI is InChI=1S/C32H42F2N6O6S/c1-2-24(35)30(42)46-17-18-47(43,44)38-22-3-4-23(25(20-22)39-12-8-31(6-7-31)9-13-39)29(41)37-26-19-21-5-16-45-27(21)28(36-26)40-14-10-32(33,34)11-15-40/h3-4,19-20,24,38H,2,5-18,35H2,1H3,(H,36,37,41). The molecule has 12 nitrogen and oxygen atoms in total. The number of fused-ring (bicyclic) bond motifs is 1. The minimum atomic E-state index is -3.89. The van der Waals surface area contributed by atoms with Gasteiger partial charge in [-0.05, 0) is 61.8 Å². The number of alkyl halides is 2. The van der Waals surface area contributed by atoms with Gasteiger partial charge in [0.15, 0.2) is 11.6 Å². The first-order chi connectivity index (χ1) is 22.4. The molecule has 1 unspecified atom stereocenters. The monoisotopic (exact) mass is 676 g/mol.